The van der Waals surface area contributed by atoms with Gasteiger partial charge in [0.2, 0.25) is 0 Å². The van der Waals surface area contributed by atoms with Crippen LogP contribution < -0.4 is 0 Å². The van der Waals surface area contributed by atoms with Crippen molar-refractivity contribution in [2.24, 2.45) is 0 Å². The Morgan fingerprint density at radius 2 is 2.16 bits per heavy atom. The second-order valence-electron chi connectivity index (χ2n) is 4.43. The zero-order valence-electron chi connectivity index (χ0n) is 11.4. The molecule has 4 nitrogen and oxygen atoms in total. The first-order chi connectivity index (χ1) is 8.95. The van der Waals surface area contributed by atoms with Gasteiger partial charge < -0.3 is 10.0 Å². The van der Waals surface area contributed by atoms with Crippen molar-refractivity contribution in [3.63, 3.8) is 0 Å². The molecule has 0 aliphatic carbocycles. The number of carbonyl (C=O) groups is 2. The summed E-state index contributed by atoms with van der Waals surface area (Å²) in [4.78, 5) is 25.8. The molecule has 0 radical (unpaired) electrons. The Morgan fingerprint density at radius 3 is 2.74 bits per heavy atom. The molecule has 0 spiro atoms. The molecule has 0 saturated heterocycles. The zero-order chi connectivity index (χ0) is 14.4. The first-order valence-electron chi connectivity index (χ1n) is 6.23. The summed E-state index contributed by atoms with van der Waals surface area (Å²) >= 11 is 1.31. The van der Waals surface area contributed by atoms with E-state index in [1.807, 2.05) is 6.92 Å². The third kappa shape index (κ3) is 4.52. The topological polar surface area (TPSA) is 57.6 Å². The molecule has 5 heteroatoms. The van der Waals surface area contributed by atoms with Crippen LogP contribution in [0.1, 0.15) is 41.2 Å². The fraction of sp³-hybridized carbons (Fsp3) is 0.429. The molecule has 1 heterocycles. The van der Waals surface area contributed by atoms with Crippen molar-refractivity contribution in [2.45, 2.75) is 32.7 Å². The average molecular weight is 281 g/mol. The van der Waals surface area contributed by atoms with E-state index in [0.29, 0.717) is 4.88 Å². The van der Waals surface area contributed by atoms with Crippen LogP contribution in [0.2, 0.25) is 0 Å². The highest BCUT2D eigenvalue weighted by molar-refractivity contribution is 7.14. The Labute approximate surface area is 117 Å². The monoisotopic (exact) mass is 281 g/mol. The number of carboxylic acid groups (broad SMARTS) is 1. The van der Waals surface area contributed by atoms with Gasteiger partial charge in [0, 0.05) is 24.0 Å². The van der Waals surface area contributed by atoms with Gasteiger partial charge in [-0.3, -0.25) is 4.79 Å². The van der Waals surface area contributed by atoms with Crippen molar-refractivity contribution in [3.05, 3.63) is 28.0 Å². The molecule has 1 atom stereocenters. The number of nitrogens with zero attached hydrogens (tertiary/aromatic N) is 1. The van der Waals surface area contributed by atoms with Gasteiger partial charge in [0.05, 0.1) is 4.88 Å². The Hall–Kier alpha value is -1.62. The molecule has 0 aromatic carbocycles. The third-order valence-corrected chi connectivity index (χ3v) is 3.95. The summed E-state index contributed by atoms with van der Waals surface area (Å²) in [5, 5.41) is 8.55. The van der Waals surface area contributed by atoms with E-state index in [9.17, 15) is 9.59 Å². The largest absolute Gasteiger partial charge is 0.478 e. The van der Waals surface area contributed by atoms with Crippen molar-refractivity contribution in [1.29, 1.82) is 0 Å². The van der Waals surface area contributed by atoms with Crippen molar-refractivity contribution in [3.8, 4) is 0 Å². The summed E-state index contributed by atoms with van der Waals surface area (Å²) in [6.07, 6.45) is 4.58. The highest BCUT2D eigenvalue weighted by Gasteiger charge is 2.18. The van der Waals surface area contributed by atoms with Gasteiger partial charge in [0.1, 0.15) is 0 Å². The second kappa shape index (κ2) is 7.09. The van der Waals surface area contributed by atoms with Gasteiger partial charge in [0.15, 0.2) is 0 Å². The predicted octanol–water partition coefficient (Wildman–Crippen LogP) is 3.11. The molecule has 19 heavy (non-hydrogen) atoms. The van der Waals surface area contributed by atoms with E-state index >= 15 is 0 Å². The SMILES string of the molecule is CCCC(C)N(C)C(=O)c1ccc(C=CC(=O)O)s1. The fourth-order valence-electron chi connectivity index (χ4n) is 1.70. The lowest BCUT2D eigenvalue weighted by Gasteiger charge is -2.23. The van der Waals surface area contributed by atoms with Crippen LogP contribution in [0.5, 0.6) is 0 Å². The van der Waals surface area contributed by atoms with Gasteiger partial charge in [-0.15, -0.1) is 11.3 Å². The van der Waals surface area contributed by atoms with Gasteiger partial charge in [0.25, 0.3) is 5.91 Å². The van der Waals surface area contributed by atoms with E-state index in [1.165, 1.54) is 17.4 Å². The summed E-state index contributed by atoms with van der Waals surface area (Å²) in [5.41, 5.74) is 0. The molecule has 1 amide bonds. The summed E-state index contributed by atoms with van der Waals surface area (Å²) in [6.45, 7) is 4.12. The van der Waals surface area contributed by atoms with Crippen LogP contribution in [0.25, 0.3) is 6.08 Å². The normalized spacial score (nSPS) is 12.6. The average Bonchev–Trinajstić information content (AvgIpc) is 2.83. The molecule has 0 fully saturated rings. The molecule has 0 aliphatic heterocycles. The lowest BCUT2D eigenvalue weighted by molar-refractivity contribution is -0.131. The highest BCUT2D eigenvalue weighted by atomic mass is 32.1. The van der Waals surface area contributed by atoms with Crippen LogP contribution in [0.15, 0.2) is 18.2 Å². The summed E-state index contributed by atoms with van der Waals surface area (Å²) in [6, 6.07) is 3.71. The van der Waals surface area contributed by atoms with Crippen molar-refractivity contribution < 1.29 is 14.7 Å². The van der Waals surface area contributed by atoms with Crippen LogP contribution in [-0.2, 0) is 4.79 Å². The lowest BCUT2D eigenvalue weighted by atomic mass is 10.1. The second-order valence-corrected chi connectivity index (χ2v) is 5.54. The van der Waals surface area contributed by atoms with Gasteiger partial charge in [-0.2, -0.15) is 0 Å². The van der Waals surface area contributed by atoms with Crippen LogP contribution >= 0.6 is 11.3 Å². The first-order valence-corrected chi connectivity index (χ1v) is 7.05. The number of aliphatic carboxylic acids is 1. The van der Waals surface area contributed by atoms with E-state index in [2.05, 4.69) is 6.92 Å². The summed E-state index contributed by atoms with van der Waals surface area (Å²) in [5.74, 6) is -1.00. The summed E-state index contributed by atoms with van der Waals surface area (Å²) in [7, 11) is 1.80. The maximum absolute atomic E-state index is 12.2. The Kier molecular flexibility index (Phi) is 5.76. The molecule has 0 bridgehead atoms. The standard InChI is InChI=1S/C14H19NO3S/c1-4-5-10(2)15(3)14(18)12-8-6-11(19-12)7-9-13(16)17/h6-10H,4-5H2,1-3H3,(H,16,17). The quantitative estimate of drug-likeness (QED) is 0.815. The third-order valence-electron chi connectivity index (χ3n) is 2.92. The Morgan fingerprint density at radius 1 is 1.47 bits per heavy atom. The minimum Gasteiger partial charge on any atom is -0.478 e. The maximum Gasteiger partial charge on any atom is 0.328 e. The molecule has 1 unspecified atom stereocenters. The predicted molar refractivity (Wildman–Crippen MR) is 77.5 cm³/mol. The molecular weight excluding hydrogens is 262 g/mol. The van der Waals surface area contributed by atoms with Crippen LogP contribution in [0.3, 0.4) is 0 Å². The van der Waals surface area contributed by atoms with Gasteiger partial charge >= 0.3 is 5.97 Å². The zero-order valence-corrected chi connectivity index (χ0v) is 12.2. The van der Waals surface area contributed by atoms with E-state index in [4.69, 9.17) is 5.11 Å². The van der Waals surface area contributed by atoms with Crippen LogP contribution in [-0.4, -0.2) is 35.0 Å². The number of amides is 1. The molecule has 0 aliphatic rings. The van der Waals surface area contributed by atoms with Crippen LogP contribution in [0, 0.1) is 0 Å². The summed E-state index contributed by atoms with van der Waals surface area (Å²) < 4.78 is 0. The number of carboxylic acids is 1. The van der Waals surface area contributed by atoms with Gasteiger partial charge in [-0.05, 0) is 31.6 Å². The van der Waals surface area contributed by atoms with Crippen molar-refractivity contribution in [2.75, 3.05) is 7.05 Å². The van der Waals surface area contributed by atoms with E-state index in [0.717, 1.165) is 23.8 Å². The van der Waals surface area contributed by atoms with E-state index < -0.39 is 5.97 Å². The van der Waals surface area contributed by atoms with Gasteiger partial charge in [-0.1, -0.05) is 13.3 Å². The molecule has 1 aromatic heterocycles. The minimum absolute atomic E-state index is 0.0130. The van der Waals surface area contributed by atoms with E-state index in [1.54, 1.807) is 24.1 Å². The lowest BCUT2D eigenvalue weighted by Crippen LogP contribution is -2.34. The molecule has 1 rings (SSSR count). The Balaban J connectivity index is 2.75. The number of hydrogen-bond donors (Lipinski definition) is 1. The first kappa shape index (κ1) is 15.4. The van der Waals surface area contributed by atoms with Crippen molar-refractivity contribution >= 4 is 29.3 Å². The molecule has 1 N–H and O–H groups in total. The number of rotatable bonds is 6. The molecular formula is C14H19NO3S. The molecule has 104 valence electrons. The maximum atomic E-state index is 12.2. The number of carbonyl (C=O) groups excluding carboxylic acids is 1. The molecule has 0 saturated carbocycles. The van der Waals surface area contributed by atoms with Crippen LogP contribution in [0.4, 0.5) is 0 Å². The smallest absolute Gasteiger partial charge is 0.328 e. The van der Waals surface area contributed by atoms with Gasteiger partial charge in [-0.25, -0.2) is 4.79 Å². The van der Waals surface area contributed by atoms with E-state index in [-0.39, 0.29) is 11.9 Å². The molecule has 1 aromatic rings. The minimum atomic E-state index is -0.991. The highest BCUT2D eigenvalue weighted by Crippen LogP contribution is 2.20. The number of hydrogen-bond acceptors (Lipinski definition) is 3. The fourth-order valence-corrected chi connectivity index (χ4v) is 2.59. The Bertz CT molecular complexity index is 479. The van der Waals surface area contributed by atoms with Crippen molar-refractivity contribution in [1.82, 2.24) is 4.90 Å². The number of thiophene rings is 1.